The van der Waals surface area contributed by atoms with Crippen LogP contribution >= 0.6 is 11.6 Å². The topological polar surface area (TPSA) is 65.2 Å². The molecule has 1 heterocycles. The molecule has 0 aliphatic rings. The molecule has 1 aromatic heterocycles. The second-order valence-electron chi connectivity index (χ2n) is 3.61. The highest BCUT2D eigenvalue weighted by molar-refractivity contribution is 6.31. The smallest absolute Gasteiger partial charge is 0.407 e. The predicted molar refractivity (Wildman–Crippen MR) is 58.0 cm³/mol. The van der Waals surface area contributed by atoms with E-state index in [1.54, 1.807) is 12.3 Å². The molecule has 0 radical (unpaired) electrons. The van der Waals surface area contributed by atoms with Crippen molar-refractivity contribution in [1.29, 1.82) is 0 Å². The van der Waals surface area contributed by atoms with Gasteiger partial charge in [0.2, 0.25) is 0 Å². The van der Waals surface area contributed by atoms with E-state index in [0.717, 1.165) is 12.0 Å². The molecule has 0 spiro atoms. The Morgan fingerprint density at radius 3 is 2.87 bits per heavy atom. The summed E-state index contributed by atoms with van der Waals surface area (Å²) in [5.74, 6) is 0.694. The standard InChI is InChI=1S/C10H13ClN2O2/c1-6(2)5-7-3-4-13-9(11)8(7)15-10(12)14/h3-4,6H,5H2,1-2H3,(H2,12,14). The maximum Gasteiger partial charge on any atom is 0.410 e. The Morgan fingerprint density at radius 2 is 2.33 bits per heavy atom. The van der Waals surface area contributed by atoms with Crippen molar-refractivity contribution in [3.05, 3.63) is 23.0 Å². The summed E-state index contributed by atoms with van der Waals surface area (Å²) in [7, 11) is 0. The van der Waals surface area contributed by atoms with Crippen molar-refractivity contribution in [3.63, 3.8) is 0 Å². The van der Waals surface area contributed by atoms with Crippen LogP contribution in [0.1, 0.15) is 19.4 Å². The Balaban J connectivity index is 3.02. The lowest BCUT2D eigenvalue weighted by atomic mass is 10.0. The second kappa shape index (κ2) is 4.98. The van der Waals surface area contributed by atoms with Crippen LogP contribution in [0.5, 0.6) is 5.75 Å². The van der Waals surface area contributed by atoms with Gasteiger partial charge in [0.25, 0.3) is 0 Å². The number of hydrogen-bond acceptors (Lipinski definition) is 3. The molecule has 0 saturated carbocycles. The normalized spacial score (nSPS) is 10.4. The molecule has 0 atom stereocenters. The van der Waals surface area contributed by atoms with Gasteiger partial charge in [0.1, 0.15) is 0 Å². The number of rotatable bonds is 3. The minimum absolute atomic E-state index is 0.159. The molecule has 1 amide bonds. The Hall–Kier alpha value is -1.29. The van der Waals surface area contributed by atoms with Gasteiger partial charge in [0.05, 0.1) is 0 Å². The van der Waals surface area contributed by atoms with Gasteiger partial charge in [-0.2, -0.15) is 0 Å². The highest BCUT2D eigenvalue weighted by Gasteiger charge is 2.13. The average molecular weight is 229 g/mol. The summed E-state index contributed by atoms with van der Waals surface area (Å²) in [5.41, 5.74) is 5.78. The van der Waals surface area contributed by atoms with Gasteiger partial charge in [-0.3, -0.25) is 0 Å². The Morgan fingerprint density at radius 1 is 1.67 bits per heavy atom. The van der Waals surface area contributed by atoms with E-state index in [1.807, 2.05) is 0 Å². The number of pyridine rings is 1. The maximum atomic E-state index is 10.7. The first-order chi connectivity index (χ1) is 7.00. The van der Waals surface area contributed by atoms with Crippen molar-refractivity contribution in [2.75, 3.05) is 0 Å². The number of amides is 1. The third kappa shape index (κ3) is 3.40. The highest BCUT2D eigenvalue weighted by atomic mass is 35.5. The summed E-state index contributed by atoms with van der Waals surface area (Å²) in [6.07, 6.45) is 1.45. The van der Waals surface area contributed by atoms with Crippen molar-refractivity contribution >= 4 is 17.7 Å². The molecule has 4 nitrogen and oxygen atoms in total. The van der Waals surface area contributed by atoms with Crippen molar-refractivity contribution in [2.24, 2.45) is 11.7 Å². The van der Waals surface area contributed by atoms with Crippen LogP contribution < -0.4 is 10.5 Å². The van der Waals surface area contributed by atoms with Crippen LogP contribution in [-0.4, -0.2) is 11.1 Å². The summed E-state index contributed by atoms with van der Waals surface area (Å²) in [5, 5.41) is 0.159. The molecular weight excluding hydrogens is 216 g/mol. The van der Waals surface area contributed by atoms with Crippen LogP contribution in [0.4, 0.5) is 4.79 Å². The van der Waals surface area contributed by atoms with E-state index in [0.29, 0.717) is 5.92 Å². The quantitative estimate of drug-likeness (QED) is 0.808. The Kier molecular flexibility index (Phi) is 3.91. The van der Waals surface area contributed by atoms with Crippen molar-refractivity contribution in [2.45, 2.75) is 20.3 Å². The van der Waals surface area contributed by atoms with E-state index in [4.69, 9.17) is 22.1 Å². The lowest BCUT2D eigenvalue weighted by molar-refractivity contribution is 0.210. The SMILES string of the molecule is CC(C)Cc1ccnc(Cl)c1OC(N)=O. The van der Waals surface area contributed by atoms with Gasteiger partial charge in [-0.25, -0.2) is 9.78 Å². The molecule has 0 aliphatic carbocycles. The maximum absolute atomic E-state index is 10.7. The van der Waals surface area contributed by atoms with E-state index < -0.39 is 6.09 Å². The van der Waals surface area contributed by atoms with E-state index in [2.05, 4.69) is 18.8 Å². The Labute approximate surface area is 93.4 Å². The van der Waals surface area contributed by atoms with Gasteiger partial charge >= 0.3 is 6.09 Å². The fourth-order valence-electron chi connectivity index (χ4n) is 1.27. The van der Waals surface area contributed by atoms with Crippen LogP contribution in [-0.2, 0) is 6.42 Å². The molecule has 0 saturated heterocycles. The van der Waals surface area contributed by atoms with Gasteiger partial charge in [0.15, 0.2) is 10.9 Å². The van der Waals surface area contributed by atoms with Crippen LogP contribution in [0.15, 0.2) is 12.3 Å². The molecule has 82 valence electrons. The monoisotopic (exact) mass is 228 g/mol. The van der Waals surface area contributed by atoms with E-state index in [1.165, 1.54) is 0 Å². The zero-order chi connectivity index (χ0) is 11.4. The molecule has 0 aliphatic heterocycles. The molecule has 15 heavy (non-hydrogen) atoms. The van der Waals surface area contributed by atoms with Crippen LogP contribution in [0.3, 0.4) is 0 Å². The minimum atomic E-state index is -0.880. The van der Waals surface area contributed by atoms with E-state index >= 15 is 0 Å². The largest absolute Gasteiger partial charge is 0.410 e. The zero-order valence-electron chi connectivity index (χ0n) is 8.66. The molecule has 1 aromatic rings. The lowest BCUT2D eigenvalue weighted by Gasteiger charge is -2.11. The first kappa shape index (κ1) is 11.8. The van der Waals surface area contributed by atoms with E-state index in [-0.39, 0.29) is 10.9 Å². The fraction of sp³-hybridized carbons (Fsp3) is 0.400. The number of halogens is 1. The van der Waals surface area contributed by atoms with E-state index in [9.17, 15) is 4.79 Å². The van der Waals surface area contributed by atoms with Gasteiger partial charge < -0.3 is 10.5 Å². The average Bonchev–Trinajstić information content (AvgIpc) is 2.09. The second-order valence-corrected chi connectivity index (χ2v) is 3.97. The first-order valence-electron chi connectivity index (χ1n) is 4.61. The Bertz CT molecular complexity index is 366. The van der Waals surface area contributed by atoms with Crippen LogP contribution in [0.2, 0.25) is 5.15 Å². The third-order valence-corrected chi connectivity index (χ3v) is 2.04. The molecule has 1 rings (SSSR count). The number of nitrogens with zero attached hydrogens (tertiary/aromatic N) is 1. The van der Waals surface area contributed by atoms with Gasteiger partial charge in [-0.15, -0.1) is 0 Å². The summed E-state index contributed by atoms with van der Waals surface area (Å²) in [6.45, 7) is 4.12. The molecule has 0 fully saturated rings. The number of primary amides is 1. The van der Waals surface area contributed by atoms with Crippen LogP contribution in [0.25, 0.3) is 0 Å². The number of carbonyl (C=O) groups excluding carboxylic acids is 1. The molecule has 2 N–H and O–H groups in total. The van der Waals surface area contributed by atoms with Crippen molar-refractivity contribution in [3.8, 4) is 5.75 Å². The first-order valence-corrected chi connectivity index (χ1v) is 4.99. The molecular formula is C10H13ClN2O2. The lowest BCUT2D eigenvalue weighted by Crippen LogP contribution is -2.18. The molecule has 5 heteroatoms. The number of carbonyl (C=O) groups is 1. The summed E-state index contributed by atoms with van der Waals surface area (Å²) in [6, 6.07) is 1.77. The van der Waals surface area contributed by atoms with Crippen molar-refractivity contribution in [1.82, 2.24) is 4.98 Å². The number of hydrogen-bond donors (Lipinski definition) is 1. The zero-order valence-corrected chi connectivity index (χ0v) is 9.41. The summed E-state index contributed by atoms with van der Waals surface area (Å²) < 4.78 is 4.82. The molecule has 0 unspecified atom stereocenters. The number of ether oxygens (including phenoxy) is 1. The molecule has 0 bridgehead atoms. The molecule has 0 aromatic carbocycles. The van der Waals surface area contributed by atoms with Crippen molar-refractivity contribution < 1.29 is 9.53 Å². The number of aromatic nitrogens is 1. The summed E-state index contributed by atoms with van der Waals surface area (Å²) >= 11 is 5.81. The summed E-state index contributed by atoms with van der Waals surface area (Å²) in [4.78, 5) is 14.5. The fourth-order valence-corrected chi connectivity index (χ4v) is 1.48. The van der Waals surface area contributed by atoms with Crippen LogP contribution in [0, 0.1) is 5.92 Å². The van der Waals surface area contributed by atoms with Gasteiger partial charge in [0, 0.05) is 6.20 Å². The minimum Gasteiger partial charge on any atom is -0.407 e. The predicted octanol–water partition coefficient (Wildman–Crippen LogP) is 2.39. The van der Waals surface area contributed by atoms with Gasteiger partial charge in [-0.05, 0) is 24.0 Å². The highest BCUT2D eigenvalue weighted by Crippen LogP contribution is 2.28. The number of nitrogens with two attached hydrogens (primary N) is 1. The van der Waals surface area contributed by atoms with Gasteiger partial charge in [-0.1, -0.05) is 25.4 Å². The third-order valence-electron chi connectivity index (χ3n) is 1.77.